The molecule has 1 atom stereocenters. The van der Waals surface area contributed by atoms with Crippen LogP contribution >= 0.6 is 0 Å². The lowest BCUT2D eigenvalue weighted by Crippen LogP contribution is -2.29. The summed E-state index contributed by atoms with van der Waals surface area (Å²) in [6, 6.07) is 3.95. The van der Waals surface area contributed by atoms with E-state index in [0.717, 1.165) is 16.6 Å². The summed E-state index contributed by atoms with van der Waals surface area (Å²) in [4.78, 5) is 7.33. The number of rotatable bonds is 6. The Morgan fingerprint density at radius 2 is 2.47 bits per heavy atom. The smallest absolute Gasteiger partial charge is 0.137 e. The second kappa shape index (κ2) is 5.77. The Morgan fingerprint density at radius 3 is 3.29 bits per heavy atom. The first-order valence-electron chi connectivity index (χ1n) is 5.60. The van der Waals surface area contributed by atoms with Gasteiger partial charge in [0.05, 0.1) is 12.7 Å². The number of fused-ring (bicyclic) bond motifs is 1. The predicted octanol–water partition coefficient (Wildman–Crippen LogP) is 0.660. The molecule has 0 saturated heterocycles. The molecule has 0 amide bonds. The Balaban J connectivity index is 1.91. The first kappa shape index (κ1) is 12.0. The van der Waals surface area contributed by atoms with Gasteiger partial charge in [-0.1, -0.05) is 0 Å². The lowest BCUT2D eigenvalue weighted by molar-refractivity contribution is 0.0644. The van der Waals surface area contributed by atoms with Gasteiger partial charge in [-0.25, -0.2) is 4.98 Å². The Hall–Kier alpha value is -1.43. The molecule has 0 spiro atoms. The van der Waals surface area contributed by atoms with Crippen LogP contribution in [0.25, 0.3) is 11.0 Å². The van der Waals surface area contributed by atoms with Crippen LogP contribution in [-0.2, 0) is 11.3 Å². The van der Waals surface area contributed by atoms with Crippen molar-refractivity contribution in [2.45, 2.75) is 12.6 Å². The normalized spacial score (nSPS) is 13.1. The minimum atomic E-state index is -0.469. The van der Waals surface area contributed by atoms with Gasteiger partial charge in [0.2, 0.25) is 0 Å². The molecule has 0 radical (unpaired) electrons. The van der Waals surface area contributed by atoms with E-state index in [0.29, 0.717) is 19.7 Å². The van der Waals surface area contributed by atoms with Gasteiger partial charge >= 0.3 is 0 Å². The van der Waals surface area contributed by atoms with Gasteiger partial charge in [-0.15, -0.1) is 0 Å². The molecule has 2 heterocycles. The summed E-state index contributed by atoms with van der Waals surface area (Å²) < 4.78 is 4.86. The second-order valence-corrected chi connectivity index (χ2v) is 3.95. The van der Waals surface area contributed by atoms with Crippen molar-refractivity contribution >= 4 is 11.0 Å². The maximum atomic E-state index is 9.48. The molecule has 5 nitrogen and oxygen atoms in total. The molecule has 0 aliphatic heterocycles. The number of pyridine rings is 1. The van der Waals surface area contributed by atoms with Crippen LogP contribution in [0, 0.1) is 0 Å². The molecule has 2 rings (SSSR count). The minimum Gasteiger partial charge on any atom is -0.389 e. The van der Waals surface area contributed by atoms with Crippen LogP contribution in [0.2, 0.25) is 0 Å². The van der Waals surface area contributed by atoms with Crippen molar-refractivity contribution in [3.63, 3.8) is 0 Å². The molecule has 0 bridgehead atoms. The lowest BCUT2D eigenvalue weighted by Gasteiger charge is -2.10. The van der Waals surface area contributed by atoms with Crippen molar-refractivity contribution in [3.8, 4) is 0 Å². The van der Waals surface area contributed by atoms with E-state index >= 15 is 0 Å². The maximum absolute atomic E-state index is 9.48. The third-order valence-electron chi connectivity index (χ3n) is 2.59. The molecule has 0 aliphatic carbocycles. The molecule has 0 aliphatic rings. The number of aliphatic hydroxyl groups excluding tert-OH is 1. The van der Waals surface area contributed by atoms with Crippen LogP contribution in [0.15, 0.2) is 24.5 Å². The van der Waals surface area contributed by atoms with Crippen molar-refractivity contribution in [1.82, 2.24) is 15.3 Å². The Bertz CT molecular complexity index is 469. The molecule has 3 N–H and O–H groups in total. The third-order valence-corrected chi connectivity index (χ3v) is 2.59. The van der Waals surface area contributed by atoms with Crippen molar-refractivity contribution in [2.24, 2.45) is 0 Å². The van der Waals surface area contributed by atoms with Gasteiger partial charge in [-0.05, 0) is 17.7 Å². The van der Waals surface area contributed by atoms with Crippen LogP contribution in [0.4, 0.5) is 0 Å². The number of aromatic amines is 1. The summed E-state index contributed by atoms with van der Waals surface area (Å²) in [5, 5.41) is 13.8. The average molecular weight is 235 g/mol. The number of methoxy groups -OCH3 is 1. The van der Waals surface area contributed by atoms with Crippen molar-refractivity contribution in [2.75, 3.05) is 20.3 Å². The number of ether oxygens (including phenoxy) is 1. The van der Waals surface area contributed by atoms with Crippen LogP contribution in [0.1, 0.15) is 5.56 Å². The molecule has 0 aromatic carbocycles. The molecule has 0 saturated carbocycles. The highest BCUT2D eigenvalue weighted by Crippen LogP contribution is 2.14. The van der Waals surface area contributed by atoms with Crippen LogP contribution in [-0.4, -0.2) is 41.4 Å². The molecule has 17 heavy (non-hydrogen) atoms. The van der Waals surface area contributed by atoms with Gasteiger partial charge in [0.25, 0.3) is 0 Å². The first-order valence-corrected chi connectivity index (χ1v) is 5.60. The van der Waals surface area contributed by atoms with E-state index in [9.17, 15) is 5.11 Å². The van der Waals surface area contributed by atoms with Crippen molar-refractivity contribution in [3.05, 3.63) is 30.1 Å². The Labute approximate surface area is 99.8 Å². The predicted molar refractivity (Wildman–Crippen MR) is 65.7 cm³/mol. The van der Waals surface area contributed by atoms with Crippen LogP contribution in [0.3, 0.4) is 0 Å². The molecule has 5 heteroatoms. The number of nitrogens with one attached hydrogen (secondary N) is 2. The number of hydrogen-bond acceptors (Lipinski definition) is 4. The van der Waals surface area contributed by atoms with E-state index in [-0.39, 0.29) is 0 Å². The number of nitrogens with zero attached hydrogens (tertiary/aromatic N) is 1. The Kier molecular flexibility index (Phi) is 4.08. The highest BCUT2D eigenvalue weighted by molar-refractivity contribution is 5.79. The minimum absolute atomic E-state index is 0.350. The highest BCUT2D eigenvalue weighted by atomic mass is 16.5. The monoisotopic (exact) mass is 235 g/mol. The highest BCUT2D eigenvalue weighted by Gasteiger charge is 2.05. The number of hydrogen-bond donors (Lipinski definition) is 3. The summed E-state index contributed by atoms with van der Waals surface area (Å²) >= 11 is 0. The first-order chi connectivity index (χ1) is 8.31. The van der Waals surface area contributed by atoms with Crippen LogP contribution in [0.5, 0.6) is 0 Å². The molecule has 1 unspecified atom stereocenters. The topological polar surface area (TPSA) is 70.2 Å². The summed E-state index contributed by atoms with van der Waals surface area (Å²) in [5.41, 5.74) is 2.04. The van der Waals surface area contributed by atoms with E-state index in [1.54, 1.807) is 13.3 Å². The quantitative estimate of drug-likeness (QED) is 0.688. The number of aromatic nitrogens is 2. The molecule has 0 fully saturated rings. The SMILES string of the molecule is COCC(O)CNCc1c[nH]c2ncccc12. The number of aliphatic hydroxyl groups is 1. The molecular weight excluding hydrogens is 218 g/mol. The summed E-state index contributed by atoms with van der Waals surface area (Å²) in [7, 11) is 1.58. The van der Waals surface area contributed by atoms with Gasteiger partial charge in [0.1, 0.15) is 5.65 Å². The fourth-order valence-electron chi connectivity index (χ4n) is 1.78. The van der Waals surface area contributed by atoms with E-state index in [1.807, 2.05) is 18.3 Å². The van der Waals surface area contributed by atoms with Gasteiger partial charge in [-0.3, -0.25) is 0 Å². The molecule has 2 aromatic heterocycles. The lowest BCUT2D eigenvalue weighted by atomic mass is 10.2. The molecule has 2 aromatic rings. The van der Waals surface area contributed by atoms with E-state index in [2.05, 4.69) is 15.3 Å². The summed E-state index contributed by atoms with van der Waals surface area (Å²) in [6.45, 7) is 1.57. The van der Waals surface area contributed by atoms with E-state index in [4.69, 9.17) is 4.74 Å². The van der Waals surface area contributed by atoms with Crippen LogP contribution < -0.4 is 5.32 Å². The zero-order chi connectivity index (χ0) is 12.1. The fraction of sp³-hybridized carbons (Fsp3) is 0.417. The van der Waals surface area contributed by atoms with Gasteiger partial charge in [-0.2, -0.15) is 0 Å². The fourth-order valence-corrected chi connectivity index (χ4v) is 1.78. The zero-order valence-corrected chi connectivity index (χ0v) is 9.81. The largest absolute Gasteiger partial charge is 0.389 e. The zero-order valence-electron chi connectivity index (χ0n) is 9.81. The van der Waals surface area contributed by atoms with Crippen molar-refractivity contribution in [1.29, 1.82) is 0 Å². The second-order valence-electron chi connectivity index (χ2n) is 3.95. The number of H-pyrrole nitrogens is 1. The average Bonchev–Trinajstić information content (AvgIpc) is 2.73. The van der Waals surface area contributed by atoms with Gasteiger partial charge < -0.3 is 20.1 Å². The molecular formula is C12H17N3O2. The standard InChI is InChI=1S/C12H17N3O2/c1-17-8-10(16)7-13-5-9-6-15-12-11(9)3-2-4-14-12/h2-4,6,10,13,16H,5,7-8H2,1H3,(H,14,15). The summed E-state index contributed by atoms with van der Waals surface area (Å²) in [6.07, 6.45) is 3.23. The van der Waals surface area contributed by atoms with Gasteiger partial charge in [0.15, 0.2) is 0 Å². The molecule has 92 valence electrons. The van der Waals surface area contributed by atoms with Gasteiger partial charge in [0, 0.05) is 38.0 Å². The Morgan fingerprint density at radius 1 is 1.59 bits per heavy atom. The van der Waals surface area contributed by atoms with E-state index < -0.39 is 6.10 Å². The maximum Gasteiger partial charge on any atom is 0.137 e. The van der Waals surface area contributed by atoms with Crippen molar-refractivity contribution < 1.29 is 9.84 Å². The van der Waals surface area contributed by atoms with E-state index in [1.165, 1.54) is 0 Å². The summed E-state index contributed by atoms with van der Waals surface area (Å²) in [5.74, 6) is 0. The third kappa shape index (κ3) is 3.03.